The van der Waals surface area contributed by atoms with Crippen LogP contribution in [-0.2, 0) is 9.59 Å². The van der Waals surface area contributed by atoms with Crippen molar-refractivity contribution in [1.82, 2.24) is 10.2 Å². The molecular formula is C10H14N4O2. The molecule has 4 N–H and O–H groups in total. The fraction of sp³-hybridized carbons (Fsp3) is 0.300. The molecule has 1 fully saturated rings. The summed E-state index contributed by atoms with van der Waals surface area (Å²) in [7, 11) is 0. The molecule has 0 aromatic heterocycles. The summed E-state index contributed by atoms with van der Waals surface area (Å²) in [5.41, 5.74) is 5.55. The Labute approximate surface area is 93.3 Å². The molecule has 86 valence electrons. The zero-order chi connectivity index (χ0) is 12.1. The number of hydrogen-bond acceptors (Lipinski definition) is 5. The number of nitrogens with two attached hydrogens (primary N) is 1. The van der Waals surface area contributed by atoms with Gasteiger partial charge in [0.25, 0.3) is 5.91 Å². The average Bonchev–Trinajstić information content (AvgIpc) is 2.27. The number of rotatable bonds is 4. The minimum atomic E-state index is -0.545. The van der Waals surface area contributed by atoms with Crippen LogP contribution in [0.5, 0.6) is 0 Å². The molecule has 1 aliphatic heterocycles. The summed E-state index contributed by atoms with van der Waals surface area (Å²) in [5.74, 6) is -0.823. The molecule has 0 atom stereocenters. The van der Waals surface area contributed by atoms with E-state index >= 15 is 0 Å². The second-order valence-electron chi connectivity index (χ2n) is 3.37. The maximum atomic E-state index is 11.5. The van der Waals surface area contributed by atoms with Crippen LogP contribution in [0, 0.1) is 5.41 Å². The molecule has 0 aromatic carbocycles. The van der Waals surface area contributed by atoms with E-state index in [1.165, 1.54) is 12.4 Å². The molecule has 0 radical (unpaired) electrons. The summed E-state index contributed by atoms with van der Waals surface area (Å²) in [6.45, 7) is 3.71. The molecular weight excluding hydrogens is 208 g/mol. The lowest BCUT2D eigenvalue weighted by molar-refractivity contribution is -0.141. The lowest BCUT2D eigenvalue weighted by Crippen LogP contribution is -2.46. The van der Waals surface area contributed by atoms with E-state index in [2.05, 4.69) is 11.9 Å². The number of imide groups is 1. The maximum Gasteiger partial charge on any atom is 0.274 e. The van der Waals surface area contributed by atoms with E-state index < -0.39 is 5.91 Å². The van der Waals surface area contributed by atoms with Crippen LogP contribution in [0.25, 0.3) is 0 Å². The molecule has 0 bridgehead atoms. The molecule has 1 aliphatic rings. The predicted octanol–water partition coefficient (Wildman–Crippen LogP) is -0.312. The van der Waals surface area contributed by atoms with E-state index in [1.54, 1.807) is 0 Å². The van der Waals surface area contributed by atoms with Crippen molar-refractivity contribution < 1.29 is 9.59 Å². The van der Waals surface area contributed by atoms with Gasteiger partial charge in [-0.05, 0) is 0 Å². The molecule has 6 nitrogen and oxygen atoms in total. The number of nitrogens with zero attached hydrogens (tertiary/aromatic N) is 1. The van der Waals surface area contributed by atoms with Gasteiger partial charge in [-0.25, -0.2) is 0 Å². The van der Waals surface area contributed by atoms with Crippen molar-refractivity contribution in [3.63, 3.8) is 0 Å². The van der Waals surface area contributed by atoms with Crippen molar-refractivity contribution in [2.75, 3.05) is 6.54 Å². The Kier molecular flexibility index (Phi) is 3.82. The van der Waals surface area contributed by atoms with E-state index in [4.69, 9.17) is 11.1 Å². The van der Waals surface area contributed by atoms with Gasteiger partial charge in [0.2, 0.25) is 5.91 Å². The number of nitrogens with one attached hydrogen (secondary N) is 2. The van der Waals surface area contributed by atoms with Gasteiger partial charge in [-0.2, -0.15) is 0 Å². The summed E-state index contributed by atoms with van der Waals surface area (Å²) in [4.78, 5) is 24.0. The summed E-state index contributed by atoms with van der Waals surface area (Å²) in [5, 5.41) is 10.1. The smallest absolute Gasteiger partial charge is 0.274 e. The molecule has 0 unspecified atom stereocenters. The van der Waals surface area contributed by atoms with Gasteiger partial charge in [0.15, 0.2) is 0 Å². The van der Waals surface area contributed by atoms with Gasteiger partial charge in [0.1, 0.15) is 0 Å². The predicted molar refractivity (Wildman–Crippen MR) is 59.3 cm³/mol. The first kappa shape index (κ1) is 12.0. The number of amides is 2. The van der Waals surface area contributed by atoms with E-state index in [9.17, 15) is 9.59 Å². The number of carbonyl (C=O) groups is 2. The molecule has 1 heterocycles. The second-order valence-corrected chi connectivity index (χ2v) is 3.37. The minimum Gasteiger partial charge on any atom is -0.403 e. The van der Waals surface area contributed by atoms with Crippen molar-refractivity contribution in [1.29, 1.82) is 5.41 Å². The first-order valence-electron chi connectivity index (χ1n) is 4.79. The average molecular weight is 222 g/mol. The number of carbonyl (C=O) groups excluding carboxylic acids is 2. The Morgan fingerprint density at radius 2 is 2.25 bits per heavy atom. The first-order chi connectivity index (χ1) is 7.56. The zero-order valence-corrected chi connectivity index (χ0v) is 8.82. The van der Waals surface area contributed by atoms with Crippen LogP contribution in [0.2, 0.25) is 0 Å². The third-order valence-corrected chi connectivity index (χ3v) is 2.13. The van der Waals surface area contributed by atoms with Crippen molar-refractivity contribution >= 4 is 17.5 Å². The van der Waals surface area contributed by atoms with Gasteiger partial charge in [-0.15, -0.1) is 0 Å². The molecule has 0 spiro atoms. The van der Waals surface area contributed by atoms with Crippen LogP contribution in [0.3, 0.4) is 0 Å². The lowest BCUT2D eigenvalue weighted by atomic mass is 10.1. The molecule has 2 amide bonds. The van der Waals surface area contributed by atoms with Crippen LogP contribution >= 0.6 is 0 Å². The molecule has 0 aliphatic carbocycles. The monoisotopic (exact) mass is 222 g/mol. The molecule has 0 aromatic rings. The quantitative estimate of drug-likeness (QED) is 0.568. The van der Waals surface area contributed by atoms with Gasteiger partial charge >= 0.3 is 0 Å². The number of piperidine rings is 1. The third-order valence-electron chi connectivity index (χ3n) is 2.13. The van der Waals surface area contributed by atoms with Crippen LogP contribution in [0.1, 0.15) is 12.8 Å². The van der Waals surface area contributed by atoms with Gasteiger partial charge in [0.05, 0.1) is 12.3 Å². The van der Waals surface area contributed by atoms with Crippen LogP contribution in [0.15, 0.2) is 24.7 Å². The van der Waals surface area contributed by atoms with Crippen molar-refractivity contribution in [3.8, 4) is 0 Å². The van der Waals surface area contributed by atoms with Gasteiger partial charge in [-0.1, -0.05) is 6.58 Å². The molecule has 1 rings (SSSR count). The standard InChI is InChI=1S/C10H14N4O2/c1-7(13-5-4-11)6-14-9(15)3-2-8(12)10(14)16/h4-5,12-13H,1-3,6,11H2/b5-4-,12-8?. The summed E-state index contributed by atoms with van der Waals surface area (Å²) in [6, 6.07) is 0. The van der Waals surface area contributed by atoms with E-state index in [1.807, 2.05) is 0 Å². The van der Waals surface area contributed by atoms with Gasteiger partial charge < -0.3 is 11.1 Å². The van der Waals surface area contributed by atoms with E-state index in [0.717, 1.165) is 4.90 Å². The normalized spacial score (nSPS) is 17.0. The Hall–Kier alpha value is -2.11. The third kappa shape index (κ3) is 2.69. The zero-order valence-electron chi connectivity index (χ0n) is 8.82. The van der Waals surface area contributed by atoms with Gasteiger partial charge in [0, 0.05) is 30.9 Å². The molecule has 6 heteroatoms. The Morgan fingerprint density at radius 1 is 1.56 bits per heavy atom. The van der Waals surface area contributed by atoms with E-state index in [-0.39, 0.29) is 31.0 Å². The number of likely N-dealkylation sites (tertiary alicyclic amines) is 1. The van der Waals surface area contributed by atoms with Crippen LogP contribution in [0.4, 0.5) is 0 Å². The highest BCUT2D eigenvalue weighted by molar-refractivity contribution is 6.41. The molecule has 16 heavy (non-hydrogen) atoms. The van der Waals surface area contributed by atoms with Crippen molar-refractivity contribution in [2.24, 2.45) is 5.73 Å². The summed E-state index contributed by atoms with van der Waals surface area (Å²) < 4.78 is 0. The van der Waals surface area contributed by atoms with Crippen LogP contribution in [-0.4, -0.2) is 29.0 Å². The Balaban J connectivity index is 2.63. The largest absolute Gasteiger partial charge is 0.403 e. The SMILES string of the molecule is C=C(CN1C(=O)CCC(=N)C1=O)N/C=C\N. The first-order valence-corrected chi connectivity index (χ1v) is 4.79. The van der Waals surface area contributed by atoms with E-state index in [0.29, 0.717) is 5.70 Å². The number of hydrogen-bond donors (Lipinski definition) is 3. The molecule has 0 saturated carbocycles. The van der Waals surface area contributed by atoms with Crippen LogP contribution < -0.4 is 11.1 Å². The molecule has 1 saturated heterocycles. The Bertz CT molecular complexity index is 373. The topological polar surface area (TPSA) is 99.3 Å². The highest BCUT2D eigenvalue weighted by Gasteiger charge is 2.30. The summed E-state index contributed by atoms with van der Waals surface area (Å²) in [6.07, 6.45) is 3.15. The van der Waals surface area contributed by atoms with Crippen molar-refractivity contribution in [3.05, 3.63) is 24.7 Å². The Morgan fingerprint density at radius 3 is 2.88 bits per heavy atom. The van der Waals surface area contributed by atoms with Crippen molar-refractivity contribution in [2.45, 2.75) is 12.8 Å². The lowest BCUT2D eigenvalue weighted by Gasteiger charge is -2.25. The minimum absolute atomic E-state index is 0.0400. The fourth-order valence-electron chi connectivity index (χ4n) is 1.31. The fourth-order valence-corrected chi connectivity index (χ4v) is 1.31. The summed E-state index contributed by atoms with van der Waals surface area (Å²) >= 11 is 0. The highest BCUT2D eigenvalue weighted by atomic mass is 16.2. The highest BCUT2D eigenvalue weighted by Crippen LogP contribution is 2.10. The maximum absolute atomic E-state index is 11.5. The second kappa shape index (κ2) is 5.11. The van der Waals surface area contributed by atoms with Gasteiger partial charge in [-0.3, -0.25) is 19.9 Å².